The molecule has 2 aromatic rings. The molecule has 22 heavy (non-hydrogen) atoms. The second-order valence-electron chi connectivity index (χ2n) is 4.47. The van der Waals surface area contributed by atoms with Gasteiger partial charge in [-0.25, -0.2) is 5.43 Å². The number of carbonyl (C=O) groups is 1. The van der Waals surface area contributed by atoms with Crippen LogP contribution in [0.2, 0.25) is 0 Å². The predicted octanol–water partition coefficient (Wildman–Crippen LogP) is 2.54. The molecule has 2 rings (SSSR count). The van der Waals surface area contributed by atoms with Crippen molar-refractivity contribution < 1.29 is 4.79 Å². The number of hydrogen-bond acceptors (Lipinski definition) is 3. The van der Waals surface area contributed by atoms with Gasteiger partial charge >= 0.3 is 0 Å². The van der Waals surface area contributed by atoms with E-state index in [0.29, 0.717) is 5.56 Å². The number of carbonyl (C=O) groups excluding carboxylic acids is 1. The molecule has 0 aliphatic heterocycles. The number of aryl methyl sites for hydroxylation is 1. The molecule has 0 aliphatic rings. The van der Waals surface area contributed by atoms with Gasteiger partial charge in [0.2, 0.25) is 5.56 Å². The molecule has 1 heterocycles. The zero-order chi connectivity index (χ0) is 15.9. The van der Waals surface area contributed by atoms with Crippen LogP contribution in [-0.2, 0) is 7.05 Å². The van der Waals surface area contributed by atoms with Gasteiger partial charge in [0.05, 0.1) is 5.56 Å². The van der Waals surface area contributed by atoms with E-state index in [1.165, 1.54) is 29.1 Å². The molecular formula is C16H14BrN3O2. The van der Waals surface area contributed by atoms with Gasteiger partial charge in [-0.15, -0.1) is 0 Å². The number of hydrazone groups is 1. The standard InChI is InChI=1S/C16H14BrN3O2/c1-20-11-13(7-8-15(20)21)16(22)19-18-10-9-14(17)12-5-3-2-4-6-12/h2-11H,1H3,(H,19,22). The summed E-state index contributed by atoms with van der Waals surface area (Å²) in [6.07, 6.45) is 4.68. The maximum atomic E-state index is 11.9. The van der Waals surface area contributed by atoms with Crippen molar-refractivity contribution in [3.05, 3.63) is 76.2 Å². The fraction of sp³-hybridized carbons (Fsp3) is 0.0625. The van der Waals surface area contributed by atoms with Gasteiger partial charge in [-0.2, -0.15) is 5.10 Å². The molecule has 0 saturated heterocycles. The van der Waals surface area contributed by atoms with Crippen molar-refractivity contribution in [2.45, 2.75) is 0 Å². The fourth-order valence-electron chi connectivity index (χ4n) is 1.68. The number of rotatable bonds is 4. The lowest BCUT2D eigenvalue weighted by molar-refractivity contribution is 0.0954. The quantitative estimate of drug-likeness (QED) is 0.673. The number of aromatic nitrogens is 1. The summed E-state index contributed by atoms with van der Waals surface area (Å²) in [5, 5.41) is 3.85. The van der Waals surface area contributed by atoms with Crippen molar-refractivity contribution in [3.8, 4) is 0 Å². The number of allylic oxidation sites excluding steroid dienone is 1. The number of nitrogens with zero attached hydrogens (tertiary/aromatic N) is 2. The van der Waals surface area contributed by atoms with Crippen LogP contribution in [0.5, 0.6) is 0 Å². The Morgan fingerprint density at radius 2 is 1.91 bits per heavy atom. The van der Waals surface area contributed by atoms with Crippen molar-refractivity contribution >= 4 is 32.5 Å². The third-order valence-corrected chi connectivity index (χ3v) is 3.58. The molecule has 1 aromatic heterocycles. The topological polar surface area (TPSA) is 63.5 Å². The van der Waals surface area contributed by atoms with E-state index >= 15 is 0 Å². The molecule has 0 spiro atoms. The van der Waals surface area contributed by atoms with Crippen molar-refractivity contribution in [1.82, 2.24) is 9.99 Å². The van der Waals surface area contributed by atoms with Crippen LogP contribution in [0.1, 0.15) is 15.9 Å². The minimum atomic E-state index is -0.379. The molecule has 0 saturated carbocycles. The minimum absolute atomic E-state index is 0.172. The molecular weight excluding hydrogens is 346 g/mol. The second-order valence-corrected chi connectivity index (χ2v) is 5.32. The van der Waals surface area contributed by atoms with Gasteiger partial charge in [-0.05, 0) is 17.7 Å². The highest BCUT2D eigenvalue weighted by Gasteiger charge is 2.04. The van der Waals surface area contributed by atoms with Crippen LogP contribution >= 0.6 is 15.9 Å². The smallest absolute Gasteiger partial charge is 0.272 e. The van der Waals surface area contributed by atoms with Gasteiger partial charge in [0.25, 0.3) is 5.91 Å². The Balaban J connectivity index is 1.98. The molecule has 1 aromatic carbocycles. The first kappa shape index (κ1) is 15.9. The fourth-order valence-corrected chi connectivity index (χ4v) is 2.07. The van der Waals surface area contributed by atoms with Crippen LogP contribution in [-0.4, -0.2) is 16.7 Å². The molecule has 1 N–H and O–H groups in total. The molecule has 0 bridgehead atoms. The molecule has 112 valence electrons. The van der Waals surface area contributed by atoms with Crippen LogP contribution in [0.3, 0.4) is 0 Å². The largest absolute Gasteiger partial charge is 0.318 e. The summed E-state index contributed by atoms with van der Waals surface area (Å²) in [6.45, 7) is 0. The maximum absolute atomic E-state index is 11.9. The van der Waals surface area contributed by atoms with E-state index in [9.17, 15) is 9.59 Å². The van der Waals surface area contributed by atoms with Gasteiger partial charge in [-0.3, -0.25) is 9.59 Å². The first-order valence-corrected chi connectivity index (χ1v) is 7.28. The summed E-state index contributed by atoms with van der Waals surface area (Å²) < 4.78 is 2.19. The SMILES string of the molecule is Cn1cc(C(=O)NN=CC=C(Br)c2ccccc2)ccc1=O. The minimum Gasteiger partial charge on any atom is -0.318 e. The van der Waals surface area contributed by atoms with Crippen LogP contribution in [0.25, 0.3) is 4.48 Å². The van der Waals surface area contributed by atoms with Gasteiger partial charge in [0.1, 0.15) is 0 Å². The molecule has 0 aliphatic carbocycles. The van der Waals surface area contributed by atoms with Crippen LogP contribution in [0.4, 0.5) is 0 Å². The van der Waals surface area contributed by atoms with Crippen LogP contribution < -0.4 is 11.0 Å². The first-order chi connectivity index (χ1) is 10.6. The van der Waals surface area contributed by atoms with Crippen molar-refractivity contribution in [3.63, 3.8) is 0 Å². The van der Waals surface area contributed by atoms with Gasteiger partial charge < -0.3 is 4.57 Å². The monoisotopic (exact) mass is 359 g/mol. The zero-order valence-electron chi connectivity index (χ0n) is 11.9. The number of hydrogen-bond donors (Lipinski definition) is 1. The summed E-state index contributed by atoms with van der Waals surface area (Å²) in [4.78, 5) is 23.1. The van der Waals surface area contributed by atoms with Gasteiger partial charge in [0.15, 0.2) is 0 Å². The Morgan fingerprint density at radius 3 is 2.59 bits per heavy atom. The average molecular weight is 360 g/mol. The second kappa shape index (κ2) is 7.51. The Labute approximate surface area is 136 Å². The third kappa shape index (κ3) is 4.26. The van der Waals surface area contributed by atoms with Crippen molar-refractivity contribution in [1.29, 1.82) is 0 Å². The number of pyridine rings is 1. The molecule has 0 unspecified atom stereocenters. The lowest BCUT2D eigenvalue weighted by atomic mass is 10.2. The number of amides is 1. The highest BCUT2D eigenvalue weighted by atomic mass is 79.9. The van der Waals surface area contributed by atoms with E-state index in [1.807, 2.05) is 30.3 Å². The lowest BCUT2D eigenvalue weighted by Crippen LogP contribution is -2.22. The molecule has 0 fully saturated rings. The Hall–Kier alpha value is -2.47. The van der Waals surface area contributed by atoms with E-state index < -0.39 is 0 Å². The van der Waals surface area contributed by atoms with E-state index in [0.717, 1.165) is 10.0 Å². The zero-order valence-corrected chi connectivity index (χ0v) is 13.4. The van der Waals surface area contributed by atoms with Gasteiger partial charge in [0, 0.05) is 30.0 Å². The third-order valence-electron chi connectivity index (χ3n) is 2.86. The summed E-state index contributed by atoms with van der Waals surface area (Å²) in [6, 6.07) is 12.5. The number of benzene rings is 1. The lowest BCUT2D eigenvalue weighted by Gasteiger charge is -2.01. The first-order valence-electron chi connectivity index (χ1n) is 6.49. The Kier molecular flexibility index (Phi) is 5.43. The highest BCUT2D eigenvalue weighted by Crippen LogP contribution is 2.19. The van der Waals surface area contributed by atoms with E-state index in [2.05, 4.69) is 26.5 Å². The molecule has 0 radical (unpaired) electrons. The van der Waals surface area contributed by atoms with Crippen molar-refractivity contribution in [2.24, 2.45) is 12.1 Å². The summed E-state index contributed by atoms with van der Waals surface area (Å²) in [7, 11) is 1.59. The molecule has 5 nitrogen and oxygen atoms in total. The normalized spacial score (nSPS) is 11.6. The van der Waals surface area contributed by atoms with Crippen LogP contribution in [0, 0.1) is 0 Å². The maximum Gasteiger partial charge on any atom is 0.272 e. The molecule has 1 amide bonds. The van der Waals surface area contributed by atoms with Crippen molar-refractivity contribution in [2.75, 3.05) is 0 Å². The molecule has 0 atom stereocenters. The Bertz CT molecular complexity index is 779. The Morgan fingerprint density at radius 1 is 1.18 bits per heavy atom. The summed E-state index contributed by atoms with van der Waals surface area (Å²) >= 11 is 3.43. The van der Waals surface area contributed by atoms with E-state index in [1.54, 1.807) is 13.1 Å². The number of halogens is 1. The van der Waals surface area contributed by atoms with Crippen LogP contribution in [0.15, 0.2) is 64.6 Å². The summed E-state index contributed by atoms with van der Waals surface area (Å²) in [5.74, 6) is -0.379. The predicted molar refractivity (Wildman–Crippen MR) is 91.0 cm³/mol. The molecule has 6 heteroatoms. The highest BCUT2D eigenvalue weighted by molar-refractivity contribution is 9.15. The number of nitrogens with one attached hydrogen (secondary N) is 1. The average Bonchev–Trinajstić information content (AvgIpc) is 2.54. The van der Waals surface area contributed by atoms with E-state index in [4.69, 9.17) is 0 Å². The summed E-state index contributed by atoms with van der Waals surface area (Å²) in [5.41, 5.74) is 3.61. The van der Waals surface area contributed by atoms with E-state index in [-0.39, 0.29) is 11.5 Å². The van der Waals surface area contributed by atoms with Gasteiger partial charge in [-0.1, -0.05) is 46.3 Å².